The van der Waals surface area contributed by atoms with E-state index in [1.165, 1.54) is 11.4 Å². The summed E-state index contributed by atoms with van der Waals surface area (Å²) in [7, 11) is -2.27. The molecule has 0 atom stereocenters. The third-order valence-corrected chi connectivity index (χ3v) is 5.92. The van der Waals surface area contributed by atoms with E-state index in [-0.39, 0.29) is 23.5 Å². The molecule has 2 rings (SSSR count). The lowest BCUT2D eigenvalue weighted by atomic mass is 10.2. The Balaban J connectivity index is 2.32. The Bertz CT molecular complexity index is 879. The van der Waals surface area contributed by atoms with Crippen molar-refractivity contribution < 1.29 is 22.3 Å². The van der Waals surface area contributed by atoms with Crippen LogP contribution in [0.3, 0.4) is 0 Å². The number of sulfonamides is 1. The van der Waals surface area contributed by atoms with E-state index in [0.717, 1.165) is 18.2 Å². The lowest BCUT2D eigenvalue weighted by Gasteiger charge is -2.19. The number of hydrogen-bond donors (Lipinski definition) is 1. The van der Waals surface area contributed by atoms with Crippen LogP contribution in [-0.4, -0.2) is 38.8 Å². The first-order valence-electron chi connectivity index (χ1n) is 8.08. The molecule has 0 aliphatic rings. The van der Waals surface area contributed by atoms with E-state index in [4.69, 9.17) is 4.74 Å². The highest BCUT2D eigenvalue weighted by atomic mass is 32.2. The Labute approximate surface area is 152 Å². The molecule has 0 bridgehead atoms. The Kier molecular flexibility index (Phi) is 6.33. The number of methoxy groups -OCH3 is 1. The summed E-state index contributed by atoms with van der Waals surface area (Å²) in [5.41, 5.74) is 0.0984. The van der Waals surface area contributed by atoms with Gasteiger partial charge in [0.1, 0.15) is 11.6 Å². The van der Waals surface area contributed by atoms with Crippen molar-refractivity contribution in [2.75, 3.05) is 25.5 Å². The molecular formula is C18H21FN2O4S. The van der Waals surface area contributed by atoms with Crippen molar-refractivity contribution in [3.05, 3.63) is 53.8 Å². The number of ether oxygens (including phenoxy) is 1. The maximum absolute atomic E-state index is 14.1. The monoisotopic (exact) mass is 380 g/mol. The molecule has 0 heterocycles. The Morgan fingerprint density at radius 1 is 1.12 bits per heavy atom. The average Bonchev–Trinajstić information content (AvgIpc) is 2.63. The first-order valence-corrected chi connectivity index (χ1v) is 9.52. The summed E-state index contributed by atoms with van der Waals surface area (Å²) in [4.78, 5) is 12.3. The molecule has 6 nitrogen and oxygen atoms in total. The van der Waals surface area contributed by atoms with Gasteiger partial charge in [-0.05, 0) is 42.5 Å². The van der Waals surface area contributed by atoms with E-state index < -0.39 is 21.7 Å². The summed E-state index contributed by atoms with van der Waals surface area (Å²) in [5, 5.41) is 2.54. The van der Waals surface area contributed by atoms with E-state index in [1.54, 1.807) is 38.1 Å². The van der Waals surface area contributed by atoms with Gasteiger partial charge in [0.2, 0.25) is 10.0 Å². The molecule has 1 amide bonds. The third kappa shape index (κ3) is 4.20. The Morgan fingerprint density at radius 3 is 2.27 bits per heavy atom. The molecule has 0 aliphatic carbocycles. The van der Waals surface area contributed by atoms with Gasteiger partial charge in [-0.3, -0.25) is 4.79 Å². The predicted molar refractivity (Wildman–Crippen MR) is 97.5 cm³/mol. The topological polar surface area (TPSA) is 75.7 Å². The number of amides is 1. The normalized spacial score (nSPS) is 11.4. The molecule has 0 unspecified atom stereocenters. The minimum absolute atomic E-state index is 0.123. The number of benzene rings is 2. The Morgan fingerprint density at radius 2 is 1.73 bits per heavy atom. The maximum Gasteiger partial charge on any atom is 0.258 e. The summed E-state index contributed by atoms with van der Waals surface area (Å²) < 4.78 is 45.5. The molecule has 0 saturated carbocycles. The number of nitrogens with one attached hydrogen (secondary N) is 1. The molecular weight excluding hydrogens is 359 g/mol. The smallest absolute Gasteiger partial charge is 0.258 e. The summed E-state index contributed by atoms with van der Waals surface area (Å²) >= 11 is 0. The fourth-order valence-electron chi connectivity index (χ4n) is 2.42. The van der Waals surface area contributed by atoms with Gasteiger partial charge in [-0.1, -0.05) is 13.8 Å². The van der Waals surface area contributed by atoms with E-state index in [0.29, 0.717) is 11.4 Å². The van der Waals surface area contributed by atoms with Crippen LogP contribution in [0.1, 0.15) is 24.2 Å². The van der Waals surface area contributed by atoms with Gasteiger partial charge >= 0.3 is 0 Å². The second kappa shape index (κ2) is 8.29. The fraction of sp³-hybridized carbons (Fsp3) is 0.278. The van der Waals surface area contributed by atoms with Crippen molar-refractivity contribution in [2.45, 2.75) is 18.7 Å². The molecule has 1 N–H and O–H groups in total. The number of rotatable bonds is 7. The third-order valence-electron chi connectivity index (χ3n) is 3.87. The highest BCUT2D eigenvalue weighted by molar-refractivity contribution is 7.89. The van der Waals surface area contributed by atoms with Gasteiger partial charge in [0.25, 0.3) is 5.91 Å². The molecule has 0 spiro atoms. The molecule has 0 radical (unpaired) electrons. The number of halogens is 1. The van der Waals surface area contributed by atoms with Crippen LogP contribution < -0.4 is 10.1 Å². The van der Waals surface area contributed by atoms with Crippen molar-refractivity contribution in [1.29, 1.82) is 0 Å². The minimum atomic E-state index is -3.79. The summed E-state index contributed by atoms with van der Waals surface area (Å²) in [6.45, 7) is 3.98. The number of anilines is 1. The zero-order chi connectivity index (χ0) is 19.3. The number of carbonyl (C=O) groups is 1. The average molecular weight is 380 g/mol. The molecule has 0 aromatic heterocycles. The summed E-state index contributed by atoms with van der Waals surface area (Å²) in [6, 6.07) is 9.70. The van der Waals surface area contributed by atoms with Gasteiger partial charge in [0.05, 0.1) is 17.6 Å². The highest BCUT2D eigenvalue weighted by Crippen LogP contribution is 2.21. The van der Waals surface area contributed by atoms with Crippen molar-refractivity contribution in [3.8, 4) is 5.75 Å². The second-order valence-electron chi connectivity index (χ2n) is 5.41. The maximum atomic E-state index is 14.1. The van der Waals surface area contributed by atoms with Crippen LogP contribution in [0.4, 0.5) is 10.1 Å². The molecule has 2 aromatic rings. The summed E-state index contributed by atoms with van der Waals surface area (Å²) in [6.07, 6.45) is 0. The van der Waals surface area contributed by atoms with E-state index in [9.17, 15) is 17.6 Å². The van der Waals surface area contributed by atoms with Crippen LogP contribution in [0, 0.1) is 5.82 Å². The Hall–Kier alpha value is -2.45. The van der Waals surface area contributed by atoms with Gasteiger partial charge in [-0.25, -0.2) is 12.8 Å². The van der Waals surface area contributed by atoms with Gasteiger partial charge < -0.3 is 10.1 Å². The van der Waals surface area contributed by atoms with Gasteiger partial charge in [-0.15, -0.1) is 0 Å². The minimum Gasteiger partial charge on any atom is -0.497 e. The van der Waals surface area contributed by atoms with Crippen LogP contribution in [0.15, 0.2) is 47.4 Å². The SMILES string of the molecule is CCN(CC)S(=O)(=O)c1ccc(F)c(C(=O)Nc2ccc(OC)cc2)c1. The van der Waals surface area contributed by atoms with Gasteiger partial charge in [0.15, 0.2) is 0 Å². The highest BCUT2D eigenvalue weighted by Gasteiger charge is 2.24. The van der Waals surface area contributed by atoms with Crippen molar-refractivity contribution in [1.82, 2.24) is 4.31 Å². The zero-order valence-corrected chi connectivity index (χ0v) is 15.6. The molecule has 0 aliphatic heterocycles. The molecule has 140 valence electrons. The van der Waals surface area contributed by atoms with Crippen molar-refractivity contribution in [3.63, 3.8) is 0 Å². The van der Waals surface area contributed by atoms with Crippen molar-refractivity contribution >= 4 is 21.6 Å². The lowest BCUT2D eigenvalue weighted by Crippen LogP contribution is -2.31. The van der Waals surface area contributed by atoms with Crippen LogP contribution in [0.25, 0.3) is 0 Å². The molecule has 2 aromatic carbocycles. The number of carbonyl (C=O) groups excluding carboxylic acids is 1. The lowest BCUT2D eigenvalue weighted by molar-refractivity contribution is 0.102. The predicted octanol–water partition coefficient (Wildman–Crippen LogP) is 3.12. The number of hydrogen-bond acceptors (Lipinski definition) is 4. The molecule has 0 fully saturated rings. The van der Waals surface area contributed by atoms with Crippen LogP contribution >= 0.6 is 0 Å². The van der Waals surface area contributed by atoms with Crippen LogP contribution in [0.2, 0.25) is 0 Å². The first kappa shape index (κ1) is 19.9. The molecule has 0 saturated heterocycles. The second-order valence-corrected chi connectivity index (χ2v) is 7.35. The van der Waals surface area contributed by atoms with Crippen molar-refractivity contribution in [2.24, 2.45) is 0 Å². The van der Waals surface area contributed by atoms with Crippen LogP contribution in [-0.2, 0) is 10.0 Å². The summed E-state index contributed by atoms with van der Waals surface area (Å²) in [5.74, 6) is -0.916. The van der Waals surface area contributed by atoms with Crippen LogP contribution in [0.5, 0.6) is 5.75 Å². The fourth-order valence-corrected chi connectivity index (χ4v) is 3.91. The number of nitrogens with zero attached hydrogens (tertiary/aromatic N) is 1. The molecule has 26 heavy (non-hydrogen) atoms. The quantitative estimate of drug-likeness (QED) is 0.801. The van der Waals surface area contributed by atoms with E-state index in [2.05, 4.69) is 5.32 Å². The first-order chi connectivity index (χ1) is 12.3. The molecule has 8 heteroatoms. The zero-order valence-electron chi connectivity index (χ0n) is 14.8. The van der Waals surface area contributed by atoms with Gasteiger partial charge in [-0.2, -0.15) is 4.31 Å². The van der Waals surface area contributed by atoms with Gasteiger partial charge in [0, 0.05) is 18.8 Å². The van der Waals surface area contributed by atoms with E-state index in [1.807, 2.05) is 0 Å². The largest absolute Gasteiger partial charge is 0.497 e. The standard InChI is InChI=1S/C18H21FN2O4S/c1-4-21(5-2)26(23,24)15-10-11-17(19)16(12-15)18(22)20-13-6-8-14(25-3)9-7-13/h6-12H,4-5H2,1-3H3,(H,20,22). The van der Waals surface area contributed by atoms with E-state index >= 15 is 0 Å².